The van der Waals surface area contributed by atoms with Crippen molar-refractivity contribution in [2.75, 3.05) is 13.7 Å². The summed E-state index contributed by atoms with van der Waals surface area (Å²) >= 11 is 0. The first-order valence-corrected chi connectivity index (χ1v) is 6.80. The third-order valence-electron chi connectivity index (χ3n) is 4.17. The first-order chi connectivity index (χ1) is 9.13. The number of nitrogens with two attached hydrogens (primary N) is 1. The van der Waals surface area contributed by atoms with Gasteiger partial charge in [-0.05, 0) is 36.1 Å². The van der Waals surface area contributed by atoms with Gasteiger partial charge in [0, 0.05) is 19.1 Å². The molecular weight excluding hydrogens is 248 g/mol. The van der Waals surface area contributed by atoms with E-state index in [-0.39, 0.29) is 6.61 Å². The molecule has 0 saturated heterocycles. The van der Waals surface area contributed by atoms with Crippen LogP contribution in [0.15, 0.2) is 12.1 Å². The summed E-state index contributed by atoms with van der Waals surface area (Å²) in [5.74, 6) is -1.55. The number of hydrogen-bond acceptors (Lipinski definition) is 2. The van der Waals surface area contributed by atoms with E-state index in [1.54, 1.807) is 13.2 Å². The molecule has 2 rings (SSSR count). The first kappa shape index (κ1) is 14.4. The van der Waals surface area contributed by atoms with Crippen molar-refractivity contribution in [1.29, 1.82) is 0 Å². The van der Waals surface area contributed by atoms with Crippen LogP contribution in [0.1, 0.15) is 43.2 Å². The van der Waals surface area contributed by atoms with E-state index in [2.05, 4.69) is 0 Å². The van der Waals surface area contributed by atoms with Crippen LogP contribution in [0.4, 0.5) is 8.78 Å². The van der Waals surface area contributed by atoms with Crippen LogP contribution in [-0.4, -0.2) is 13.7 Å². The van der Waals surface area contributed by atoms with Crippen molar-refractivity contribution in [3.8, 4) is 0 Å². The molecule has 1 aromatic carbocycles. The summed E-state index contributed by atoms with van der Waals surface area (Å²) in [6.07, 6.45) is 4.84. The van der Waals surface area contributed by atoms with E-state index in [9.17, 15) is 8.78 Å². The largest absolute Gasteiger partial charge is 0.380 e. The first-order valence-electron chi connectivity index (χ1n) is 6.80. The molecule has 1 fully saturated rings. The number of hydrogen-bond donors (Lipinski definition) is 1. The molecule has 2 N–H and O–H groups in total. The molecule has 1 aliphatic carbocycles. The highest BCUT2D eigenvalue weighted by Gasteiger charge is 2.36. The smallest absolute Gasteiger partial charge is 0.162 e. The maximum atomic E-state index is 14.2. The topological polar surface area (TPSA) is 35.2 Å². The summed E-state index contributed by atoms with van der Waals surface area (Å²) in [5, 5.41) is 0. The summed E-state index contributed by atoms with van der Waals surface area (Å²) in [7, 11) is 1.54. The average Bonchev–Trinajstić information content (AvgIpc) is 2.43. The zero-order chi connectivity index (χ0) is 13.9. The Morgan fingerprint density at radius 2 is 1.89 bits per heavy atom. The molecule has 106 valence electrons. The zero-order valence-electron chi connectivity index (χ0n) is 11.3. The molecule has 0 aliphatic heterocycles. The minimum Gasteiger partial charge on any atom is -0.380 e. The van der Waals surface area contributed by atoms with Crippen LogP contribution in [0.25, 0.3) is 0 Å². The van der Waals surface area contributed by atoms with Crippen LogP contribution < -0.4 is 5.73 Å². The molecule has 4 heteroatoms. The molecule has 0 spiro atoms. The molecule has 1 aliphatic rings. The Kier molecular flexibility index (Phi) is 4.53. The van der Waals surface area contributed by atoms with E-state index in [4.69, 9.17) is 10.5 Å². The van der Waals surface area contributed by atoms with Crippen molar-refractivity contribution >= 4 is 0 Å². The maximum absolute atomic E-state index is 14.2. The maximum Gasteiger partial charge on any atom is 0.162 e. The van der Waals surface area contributed by atoms with Gasteiger partial charge in [0.2, 0.25) is 0 Å². The molecular formula is C15H21F2NO. The second kappa shape index (κ2) is 5.97. The normalized spacial score (nSPS) is 18.5. The lowest BCUT2D eigenvalue weighted by Gasteiger charge is -2.37. The van der Waals surface area contributed by atoms with Gasteiger partial charge in [-0.2, -0.15) is 0 Å². The van der Waals surface area contributed by atoms with Crippen molar-refractivity contribution in [2.45, 2.75) is 44.1 Å². The molecule has 19 heavy (non-hydrogen) atoms. The molecule has 0 amide bonds. The number of methoxy groups -OCH3 is 1. The fraction of sp³-hybridized carbons (Fsp3) is 0.600. The van der Waals surface area contributed by atoms with Crippen molar-refractivity contribution in [2.24, 2.45) is 5.73 Å². The minimum atomic E-state index is -0.803. The highest BCUT2D eigenvalue weighted by molar-refractivity contribution is 5.33. The Labute approximate surface area is 112 Å². The Bertz CT molecular complexity index is 442. The predicted octanol–water partition coefficient (Wildman–Crippen LogP) is 3.27. The Morgan fingerprint density at radius 1 is 1.21 bits per heavy atom. The molecule has 1 saturated carbocycles. The van der Waals surface area contributed by atoms with E-state index in [0.717, 1.165) is 32.1 Å². The summed E-state index contributed by atoms with van der Waals surface area (Å²) < 4.78 is 32.9. The van der Waals surface area contributed by atoms with Gasteiger partial charge < -0.3 is 10.5 Å². The number of halogens is 2. The van der Waals surface area contributed by atoms with Gasteiger partial charge in [0.05, 0.1) is 6.61 Å². The molecule has 2 nitrogen and oxygen atoms in total. The second-order valence-electron chi connectivity index (χ2n) is 5.42. The van der Waals surface area contributed by atoms with Gasteiger partial charge in [-0.3, -0.25) is 0 Å². The lowest BCUT2D eigenvalue weighted by molar-refractivity contribution is 0.184. The molecule has 0 aromatic heterocycles. The van der Waals surface area contributed by atoms with Crippen LogP contribution in [0.5, 0.6) is 0 Å². The SMILES string of the molecule is COCc1cc(F)c(F)c(C2(CN)CCCCC2)c1. The lowest BCUT2D eigenvalue weighted by atomic mass is 9.69. The molecule has 0 radical (unpaired) electrons. The highest BCUT2D eigenvalue weighted by atomic mass is 19.2. The number of ether oxygens (including phenoxy) is 1. The lowest BCUT2D eigenvalue weighted by Crippen LogP contribution is -2.38. The fourth-order valence-electron chi connectivity index (χ4n) is 3.09. The van der Waals surface area contributed by atoms with Crippen molar-refractivity contribution in [3.05, 3.63) is 34.9 Å². The zero-order valence-corrected chi connectivity index (χ0v) is 11.3. The average molecular weight is 269 g/mol. The van der Waals surface area contributed by atoms with Gasteiger partial charge in [-0.25, -0.2) is 8.78 Å². The summed E-state index contributed by atoms with van der Waals surface area (Å²) in [6, 6.07) is 2.93. The van der Waals surface area contributed by atoms with E-state index in [1.165, 1.54) is 6.07 Å². The van der Waals surface area contributed by atoms with E-state index in [0.29, 0.717) is 17.7 Å². The number of benzene rings is 1. The number of rotatable bonds is 4. The summed E-state index contributed by atoms with van der Waals surface area (Å²) in [5.41, 5.74) is 6.58. The Morgan fingerprint density at radius 3 is 2.47 bits per heavy atom. The third kappa shape index (κ3) is 2.79. The quantitative estimate of drug-likeness (QED) is 0.910. The molecule has 0 bridgehead atoms. The van der Waals surface area contributed by atoms with E-state index < -0.39 is 17.0 Å². The van der Waals surface area contributed by atoms with Gasteiger partial charge in [-0.1, -0.05) is 19.3 Å². The van der Waals surface area contributed by atoms with Gasteiger partial charge in [0.1, 0.15) is 0 Å². The van der Waals surface area contributed by atoms with Crippen LogP contribution in [0, 0.1) is 11.6 Å². The fourth-order valence-corrected chi connectivity index (χ4v) is 3.09. The minimum absolute atomic E-state index is 0.283. The van der Waals surface area contributed by atoms with E-state index >= 15 is 0 Å². The van der Waals surface area contributed by atoms with Crippen LogP contribution >= 0.6 is 0 Å². The molecule has 0 atom stereocenters. The van der Waals surface area contributed by atoms with Crippen molar-refractivity contribution < 1.29 is 13.5 Å². The van der Waals surface area contributed by atoms with Crippen LogP contribution in [0.3, 0.4) is 0 Å². The van der Waals surface area contributed by atoms with Crippen molar-refractivity contribution in [3.63, 3.8) is 0 Å². The van der Waals surface area contributed by atoms with Gasteiger partial charge in [0.25, 0.3) is 0 Å². The molecule has 1 aromatic rings. The van der Waals surface area contributed by atoms with Gasteiger partial charge in [-0.15, -0.1) is 0 Å². The van der Waals surface area contributed by atoms with Crippen molar-refractivity contribution in [1.82, 2.24) is 0 Å². The summed E-state index contributed by atoms with van der Waals surface area (Å²) in [6.45, 7) is 0.643. The summed E-state index contributed by atoms with van der Waals surface area (Å²) in [4.78, 5) is 0. The third-order valence-corrected chi connectivity index (χ3v) is 4.17. The predicted molar refractivity (Wildman–Crippen MR) is 70.9 cm³/mol. The Balaban J connectivity index is 2.46. The second-order valence-corrected chi connectivity index (χ2v) is 5.42. The molecule has 0 heterocycles. The van der Waals surface area contributed by atoms with Crippen LogP contribution in [0.2, 0.25) is 0 Å². The van der Waals surface area contributed by atoms with Crippen LogP contribution in [-0.2, 0) is 16.8 Å². The Hall–Kier alpha value is -1.00. The standard InChI is InChI=1S/C15H21F2NO/c1-19-9-11-7-12(14(17)13(16)8-11)15(10-18)5-3-2-4-6-15/h7-8H,2-6,9-10,18H2,1H3. The highest BCUT2D eigenvalue weighted by Crippen LogP contribution is 2.40. The van der Waals surface area contributed by atoms with E-state index in [1.807, 2.05) is 0 Å². The monoisotopic (exact) mass is 269 g/mol. The van der Waals surface area contributed by atoms with Gasteiger partial charge in [0.15, 0.2) is 11.6 Å². The van der Waals surface area contributed by atoms with Gasteiger partial charge >= 0.3 is 0 Å². The molecule has 0 unspecified atom stereocenters.